The molecule has 0 radical (unpaired) electrons. The first-order chi connectivity index (χ1) is 6.97. The van der Waals surface area contributed by atoms with Gasteiger partial charge in [0.2, 0.25) is 0 Å². The normalized spacial score (nSPS) is 12.4. The van der Waals surface area contributed by atoms with Gasteiger partial charge in [0.25, 0.3) is 0 Å². The molecule has 0 heterocycles. The average Bonchev–Trinajstić information content (AvgIpc) is 2.23. The number of carbonyl (C=O) groups is 1. The molecule has 0 fully saturated rings. The number of ketones is 1. The highest BCUT2D eigenvalue weighted by molar-refractivity contribution is 5.98. The van der Waals surface area contributed by atoms with Crippen LogP contribution in [-0.2, 0) is 0 Å². The van der Waals surface area contributed by atoms with Crippen molar-refractivity contribution < 1.29 is 20.1 Å². The van der Waals surface area contributed by atoms with Crippen molar-refractivity contribution in [3.8, 4) is 17.2 Å². The van der Waals surface area contributed by atoms with Crippen molar-refractivity contribution in [1.82, 2.24) is 0 Å². The van der Waals surface area contributed by atoms with E-state index in [9.17, 15) is 15.0 Å². The second-order valence-electron chi connectivity index (χ2n) is 3.54. The van der Waals surface area contributed by atoms with Gasteiger partial charge in [0.15, 0.2) is 23.0 Å². The summed E-state index contributed by atoms with van der Waals surface area (Å²) in [5.41, 5.74) is 0.206. The molecule has 1 aromatic rings. The predicted octanol–water partition coefficient (Wildman–Crippen LogP) is 2.03. The summed E-state index contributed by atoms with van der Waals surface area (Å²) >= 11 is 0. The second-order valence-corrected chi connectivity index (χ2v) is 3.54. The molecule has 1 unspecified atom stereocenters. The minimum absolute atomic E-state index is 0.164. The maximum absolute atomic E-state index is 11.7. The van der Waals surface area contributed by atoms with Gasteiger partial charge < -0.3 is 15.3 Å². The first-order valence-corrected chi connectivity index (χ1v) is 4.76. The van der Waals surface area contributed by atoms with Gasteiger partial charge in [-0.1, -0.05) is 13.8 Å². The molecule has 0 aliphatic heterocycles. The van der Waals surface area contributed by atoms with Crippen LogP contribution >= 0.6 is 0 Å². The summed E-state index contributed by atoms with van der Waals surface area (Å²) in [5.74, 6) is -1.91. The largest absolute Gasteiger partial charge is 0.504 e. The van der Waals surface area contributed by atoms with Crippen LogP contribution in [0.3, 0.4) is 0 Å². The van der Waals surface area contributed by atoms with Crippen LogP contribution in [-0.4, -0.2) is 21.1 Å². The molecule has 0 amide bonds. The fourth-order valence-electron chi connectivity index (χ4n) is 1.22. The number of carbonyl (C=O) groups excluding carboxylic acids is 1. The maximum Gasteiger partial charge on any atom is 0.200 e. The Morgan fingerprint density at radius 2 is 1.73 bits per heavy atom. The topological polar surface area (TPSA) is 77.8 Å². The van der Waals surface area contributed by atoms with E-state index in [1.165, 1.54) is 0 Å². The van der Waals surface area contributed by atoms with Crippen LogP contribution in [0, 0.1) is 5.92 Å². The van der Waals surface area contributed by atoms with Crippen LogP contribution in [0.4, 0.5) is 0 Å². The Morgan fingerprint density at radius 1 is 1.27 bits per heavy atom. The molecule has 4 heteroatoms. The number of rotatable bonds is 3. The van der Waals surface area contributed by atoms with Crippen LogP contribution in [0.25, 0.3) is 0 Å². The first kappa shape index (κ1) is 11.4. The van der Waals surface area contributed by atoms with Crippen molar-refractivity contribution in [1.29, 1.82) is 0 Å². The van der Waals surface area contributed by atoms with Crippen molar-refractivity contribution in [2.45, 2.75) is 20.3 Å². The van der Waals surface area contributed by atoms with Gasteiger partial charge in [-0.25, -0.2) is 0 Å². The van der Waals surface area contributed by atoms with Gasteiger partial charge in [0, 0.05) is 11.5 Å². The molecule has 0 saturated heterocycles. The minimum Gasteiger partial charge on any atom is -0.504 e. The lowest BCUT2D eigenvalue weighted by molar-refractivity contribution is 0.0926. The zero-order chi connectivity index (χ0) is 11.6. The van der Waals surface area contributed by atoms with Crippen LogP contribution in [0.1, 0.15) is 30.6 Å². The monoisotopic (exact) mass is 210 g/mol. The van der Waals surface area contributed by atoms with Crippen molar-refractivity contribution in [2.24, 2.45) is 5.92 Å². The molecule has 3 N–H and O–H groups in total. The summed E-state index contributed by atoms with van der Waals surface area (Å²) in [6.07, 6.45) is 0.682. The third-order valence-corrected chi connectivity index (χ3v) is 2.41. The highest BCUT2D eigenvalue weighted by atomic mass is 16.3. The molecule has 4 nitrogen and oxygen atoms in total. The molecular formula is C11H14O4. The average molecular weight is 210 g/mol. The summed E-state index contributed by atoms with van der Waals surface area (Å²) in [5, 5.41) is 27.5. The lowest BCUT2D eigenvalue weighted by Crippen LogP contribution is -2.09. The quantitative estimate of drug-likeness (QED) is 0.527. The third-order valence-electron chi connectivity index (χ3n) is 2.41. The van der Waals surface area contributed by atoms with E-state index in [0.29, 0.717) is 6.42 Å². The van der Waals surface area contributed by atoms with Crippen molar-refractivity contribution in [3.05, 3.63) is 17.7 Å². The van der Waals surface area contributed by atoms with Crippen LogP contribution < -0.4 is 0 Å². The van der Waals surface area contributed by atoms with Gasteiger partial charge in [0.1, 0.15) is 0 Å². The number of phenolic OH excluding ortho intramolecular Hbond substituents is 3. The smallest absolute Gasteiger partial charge is 0.200 e. The number of aromatic hydroxyl groups is 3. The number of hydrogen-bond acceptors (Lipinski definition) is 4. The SMILES string of the molecule is CCC(C)C(=O)c1cc(O)c(O)c(O)c1. The van der Waals surface area contributed by atoms with Crippen molar-refractivity contribution in [2.75, 3.05) is 0 Å². The molecular weight excluding hydrogens is 196 g/mol. The Morgan fingerprint density at radius 3 is 2.13 bits per heavy atom. The summed E-state index contributed by atoms with van der Waals surface area (Å²) in [6.45, 7) is 3.64. The predicted molar refractivity (Wildman–Crippen MR) is 55.2 cm³/mol. The molecule has 0 aliphatic rings. The molecule has 0 saturated carbocycles. The Hall–Kier alpha value is -1.71. The molecule has 0 aromatic heterocycles. The summed E-state index contributed by atoms with van der Waals surface area (Å²) < 4.78 is 0. The molecule has 0 spiro atoms. The van der Waals surface area contributed by atoms with Crippen LogP contribution in [0.5, 0.6) is 17.2 Å². The summed E-state index contributed by atoms with van der Waals surface area (Å²) in [7, 11) is 0. The molecule has 15 heavy (non-hydrogen) atoms. The molecule has 82 valence electrons. The fraction of sp³-hybridized carbons (Fsp3) is 0.364. The summed E-state index contributed by atoms with van der Waals surface area (Å²) in [4.78, 5) is 11.7. The van der Waals surface area contributed by atoms with E-state index >= 15 is 0 Å². The second kappa shape index (κ2) is 4.21. The lowest BCUT2D eigenvalue weighted by atomic mass is 9.97. The van der Waals surface area contributed by atoms with E-state index in [4.69, 9.17) is 5.11 Å². The van der Waals surface area contributed by atoms with Gasteiger partial charge >= 0.3 is 0 Å². The highest BCUT2D eigenvalue weighted by Gasteiger charge is 2.17. The van der Waals surface area contributed by atoms with E-state index in [1.807, 2.05) is 6.92 Å². The molecule has 0 aliphatic carbocycles. The van der Waals surface area contributed by atoms with E-state index < -0.39 is 17.2 Å². The Balaban J connectivity index is 3.12. The molecule has 1 aromatic carbocycles. The Bertz CT molecular complexity index is 361. The summed E-state index contributed by atoms with van der Waals surface area (Å²) in [6, 6.07) is 2.31. The van der Waals surface area contributed by atoms with Gasteiger partial charge in [0.05, 0.1) is 0 Å². The first-order valence-electron chi connectivity index (χ1n) is 4.76. The molecule has 1 rings (SSSR count). The van der Waals surface area contributed by atoms with Crippen molar-refractivity contribution in [3.63, 3.8) is 0 Å². The number of hydrogen-bond donors (Lipinski definition) is 3. The van der Waals surface area contributed by atoms with Crippen molar-refractivity contribution >= 4 is 5.78 Å². The van der Waals surface area contributed by atoms with E-state index in [1.54, 1.807) is 6.92 Å². The zero-order valence-corrected chi connectivity index (χ0v) is 8.69. The van der Waals surface area contributed by atoms with E-state index in [0.717, 1.165) is 12.1 Å². The third kappa shape index (κ3) is 2.21. The van der Waals surface area contributed by atoms with Gasteiger partial charge in [-0.15, -0.1) is 0 Å². The Kier molecular flexibility index (Phi) is 3.19. The minimum atomic E-state index is -0.601. The van der Waals surface area contributed by atoms with Gasteiger partial charge in [-0.05, 0) is 18.6 Å². The van der Waals surface area contributed by atoms with Gasteiger partial charge in [-0.2, -0.15) is 0 Å². The maximum atomic E-state index is 11.7. The molecule has 1 atom stereocenters. The van der Waals surface area contributed by atoms with E-state index in [2.05, 4.69) is 0 Å². The number of Topliss-reactive ketones (excluding diaryl/α,β-unsaturated/α-hetero) is 1. The number of benzene rings is 1. The highest BCUT2D eigenvalue weighted by Crippen LogP contribution is 2.36. The van der Waals surface area contributed by atoms with Crippen LogP contribution in [0.2, 0.25) is 0 Å². The lowest BCUT2D eigenvalue weighted by Gasteiger charge is -2.09. The van der Waals surface area contributed by atoms with Gasteiger partial charge in [-0.3, -0.25) is 4.79 Å². The Labute approximate surface area is 87.8 Å². The standard InChI is InChI=1S/C11H14O4/c1-3-6(2)10(14)7-4-8(12)11(15)9(13)5-7/h4-6,12-13,15H,3H2,1-2H3. The number of phenols is 3. The molecule has 0 bridgehead atoms. The fourth-order valence-corrected chi connectivity index (χ4v) is 1.22. The zero-order valence-electron chi connectivity index (χ0n) is 8.69. The van der Waals surface area contributed by atoms with Crippen LogP contribution in [0.15, 0.2) is 12.1 Å². The van der Waals surface area contributed by atoms with E-state index in [-0.39, 0.29) is 17.3 Å².